The molecule has 1 fully saturated rings. The number of aromatic nitrogens is 1. The number of carbonyl (C=O) groups is 1. The Morgan fingerprint density at radius 1 is 1.44 bits per heavy atom. The highest BCUT2D eigenvalue weighted by Crippen LogP contribution is 2.21. The minimum Gasteiger partial charge on any atom is -0.373 e. The summed E-state index contributed by atoms with van der Waals surface area (Å²) >= 11 is 4.51. The van der Waals surface area contributed by atoms with E-state index in [0.29, 0.717) is 16.1 Å². The molecular formula is C17H19BrFN3O2S. The number of thiazole rings is 1. The van der Waals surface area contributed by atoms with Crippen molar-refractivity contribution in [2.24, 2.45) is 0 Å². The molecule has 2 heterocycles. The van der Waals surface area contributed by atoms with Crippen LogP contribution in [0.15, 0.2) is 28.1 Å². The smallest absolute Gasteiger partial charge is 0.260 e. The van der Waals surface area contributed by atoms with Crippen LogP contribution in [-0.2, 0) is 11.3 Å². The van der Waals surface area contributed by atoms with E-state index in [9.17, 15) is 9.18 Å². The number of nitrogens with one attached hydrogen (secondary N) is 1. The van der Waals surface area contributed by atoms with Crippen molar-refractivity contribution in [2.45, 2.75) is 32.6 Å². The molecule has 2 aromatic rings. The van der Waals surface area contributed by atoms with Gasteiger partial charge in [0.2, 0.25) is 0 Å². The number of amides is 1. The zero-order valence-corrected chi connectivity index (χ0v) is 16.4. The molecule has 1 aromatic heterocycles. The largest absolute Gasteiger partial charge is 0.373 e. The number of hydrogen-bond donors (Lipinski definition) is 1. The molecule has 0 spiro atoms. The van der Waals surface area contributed by atoms with Gasteiger partial charge in [-0.15, -0.1) is 11.3 Å². The molecule has 1 N–H and O–H groups in total. The molecule has 134 valence electrons. The molecule has 1 aliphatic rings. The van der Waals surface area contributed by atoms with Crippen molar-refractivity contribution in [1.29, 1.82) is 0 Å². The second kappa shape index (κ2) is 7.90. The van der Waals surface area contributed by atoms with E-state index in [2.05, 4.69) is 45.0 Å². The minimum absolute atomic E-state index is 0.00391. The van der Waals surface area contributed by atoms with Gasteiger partial charge in [0.05, 0.1) is 23.5 Å². The lowest BCUT2D eigenvalue weighted by molar-refractivity contribution is -0.0707. The molecule has 1 aromatic carbocycles. The van der Waals surface area contributed by atoms with Crippen LogP contribution in [0.5, 0.6) is 0 Å². The first-order valence-corrected chi connectivity index (χ1v) is 9.66. The number of morpholine rings is 1. The van der Waals surface area contributed by atoms with Crippen molar-refractivity contribution >= 4 is 38.3 Å². The molecule has 1 aliphatic heterocycles. The van der Waals surface area contributed by atoms with Crippen molar-refractivity contribution < 1.29 is 13.9 Å². The molecule has 1 amide bonds. The van der Waals surface area contributed by atoms with Crippen molar-refractivity contribution in [3.63, 3.8) is 0 Å². The third kappa shape index (κ3) is 4.84. The number of halogens is 2. The van der Waals surface area contributed by atoms with Gasteiger partial charge in [-0.05, 0) is 32.0 Å². The van der Waals surface area contributed by atoms with E-state index in [4.69, 9.17) is 4.74 Å². The van der Waals surface area contributed by atoms with Gasteiger partial charge >= 0.3 is 0 Å². The van der Waals surface area contributed by atoms with Crippen LogP contribution in [-0.4, -0.2) is 41.1 Å². The molecule has 0 radical (unpaired) electrons. The summed E-state index contributed by atoms with van der Waals surface area (Å²) in [5.41, 5.74) is 0.883. The van der Waals surface area contributed by atoms with Crippen molar-refractivity contribution in [1.82, 2.24) is 9.88 Å². The monoisotopic (exact) mass is 427 g/mol. The van der Waals surface area contributed by atoms with Crippen molar-refractivity contribution in [3.8, 4) is 0 Å². The summed E-state index contributed by atoms with van der Waals surface area (Å²) < 4.78 is 20.2. The van der Waals surface area contributed by atoms with Crippen LogP contribution >= 0.6 is 27.3 Å². The van der Waals surface area contributed by atoms with Gasteiger partial charge in [-0.2, -0.15) is 0 Å². The fraction of sp³-hybridized carbons (Fsp3) is 0.412. The molecule has 1 saturated heterocycles. The summed E-state index contributed by atoms with van der Waals surface area (Å²) in [6.45, 7) is 6.53. The topological polar surface area (TPSA) is 54.5 Å². The van der Waals surface area contributed by atoms with Crippen LogP contribution in [0.25, 0.3) is 0 Å². The number of rotatable bonds is 4. The van der Waals surface area contributed by atoms with Gasteiger partial charge in [-0.3, -0.25) is 15.0 Å². The number of carbonyl (C=O) groups excluding carboxylic acids is 1. The molecule has 0 aliphatic carbocycles. The third-order valence-electron chi connectivity index (χ3n) is 3.83. The quantitative estimate of drug-likeness (QED) is 0.803. The second-order valence-electron chi connectivity index (χ2n) is 6.17. The SMILES string of the molecule is C[C@@H]1CN(Cc2csc(NC(=O)c3ccc(Br)cc3F)n2)C[C@H](C)O1. The maximum atomic E-state index is 13.9. The van der Waals surface area contributed by atoms with Gasteiger partial charge in [-0.25, -0.2) is 9.37 Å². The Kier molecular flexibility index (Phi) is 5.83. The van der Waals surface area contributed by atoms with Crippen LogP contribution in [0.2, 0.25) is 0 Å². The average Bonchev–Trinajstić information content (AvgIpc) is 2.92. The first-order chi connectivity index (χ1) is 11.9. The second-order valence-corrected chi connectivity index (χ2v) is 7.95. The molecule has 0 saturated carbocycles. The maximum absolute atomic E-state index is 13.9. The first-order valence-electron chi connectivity index (χ1n) is 7.99. The van der Waals surface area contributed by atoms with E-state index < -0.39 is 11.7 Å². The predicted molar refractivity (Wildman–Crippen MR) is 99.5 cm³/mol. The first kappa shape index (κ1) is 18.4. The van der Waals surface area contributed by atoms with Gasteiger partial charge in [0.1, 0.15) is 5.82 Å². The van der Waals surface area contributed by atoms with E-state index in [1.165, 1.54) is 23.5 Å². The van der Waals surface area contributed by atoms with Crippen molar-refractivity contribution in [3.05, 3.63) is 45.1 Å². The van der Waals surface area contributed by atoms with E-state index >= 15 is 0 Å². The number of anilines is 1. The van der Waals surface area contributed by atoms with E-state index in [0.717, 1.165) is 18.8 Å². The lowest BCUT2D eigenvalue weighted by Crippen LogP contribution is -2.44. The Balaban J connectivity index is 1.62. The van der Waals surface area contributed by atoms with Crippen LogP contribution in [0.1, 0.15) is 29.9 Å². The Morgan fingerprint density at radius 2 is 2.16 bits per heavy atom. The summed E-state index contributed by atoms with van der Waals surface area (Å²) in [5, 5.41) is 5.05. The minimum atomic E-state index is -0.569. The zero-order chi connectivity index (χ0) is 18.0. The van der Waals surface area contributed by atoms with Gasteiger partial charge < -0.3 is 4.74 Å². The Labute approximate surface area is 158 Å². The lowest BCUT2D eigenvalue weighted by Gasteiger charge is -2.34. The van der Waals surface area contributed by atoms with Gasteiger partial charge in [0, 0.05) is 29.5 Å². The molecule has 3 rings (SSSR count). The Morgan fingerprint density at radius 3 is 2.84 bits per heavy atom. The fourth-order valence-electron chi connectivity index (χ4n) is 2.92. The summed E-state index contributed by atoms with van der Waals surface area (Å²) in [7, 11) is 0. The number of hydrogen-bond acceptors (Lipinski definition) is 5. The van der Waals surface area contributed by atoms with E-state index in [1.807, 2.05) is 5.38 Å². The molecule has 8 heteroatoms. The molecule has 25 heavy (non-hydrogen) atoms. The fourth-order valence-corrected chi connectivity index (χ4v) is 3.95. The molecule has 0 unspecified atom stereocenters. The lowest BCUT2D eigenvalue weighted by atomic mass is 10.2. The molecule has 2 atom stereocenters. The number of nitrogens with zero attached hydrogens (tertiary/aromatic N) is 2. The van der Waals surface area contributed by atoms with Crippen molar-refractivity contribution in [2.75, 3.05) is 18.4 Å². The highest BCUT2D eigenvalue weighted by Gasteiger charge is 2.23. The summed E-state index contributed by atoms with van der Waals surface area (Å²) in [4.78, 5) is 18.9. The Hall–Kier alpha value is -1.35. The number of benzene rings is 1. The normalized spacial score (nSPS) is 21.3. The highest BCUT2D eigenvalue weighted by molar-refractivity contribution is 9.10. The van der Waals surface area contributed by atoms with Gasteiger partial charge in [0.15, 0.2) is 5.13 Å². The van der Waals surface area contributed by atoms with E-state index in [-0.39, 0.29) is 17.8 Å². The zero-order valence-electron chi connectivity index (χ0n) is 14.0. The van der Waals surface area contributed by atoms with Crippen LogP contribution in [0.3, 0.4) is 0 Å². The van der Waals surface area contributed by atoms with Crippen LogP contribution in [0, 0.1) is 5.82 Å². The predicted octanol–water partition coefficient (Wildman–Crippen LogP) is 3.91. The van der Waals surface area contributed by atoms with Crippen LogP contribution < -0.4 is 5.32 Å². The standard InChI is InChI=1S/C17H19BrFN3O2S/c1-10-6-22(7-11(2)24-10)8-13-9-25-17(20-13)21-16(23)14-4-3-12(18)5-15(14)19/h3-5,9-11H,6-8H2,1-2H3,(H,20,21,23)/t10-,11+. The maximum Gasteiger partial charge on any atom is 0.260 e. The van der Waals surface area contributed by atoms with Gasteiger partial charge in [0.25, 0.3) is 5.91 Å². The highest BCUT2D eigenvalue weighted by atomic mass is 79.9. The average molecular weight is 428 g/mol. The summed E-state index contributed by atoms with van der Waals surface area (Å²) in [5.74, 6) is -1.07. The summed E-state index contributed by atoms with van der Waals surface area (Å²) in [6, 6.07) is 4.34. The van der Waals surface area contributed by atoms with Crippen LogP contribution in [0.4, 0.5) is 9.52 Å². The third-order valence-corrected chi connectivity index (χ3v) is 5.13. The Bertz CT molecular complexity index is 760. The molecular weight excluding hydrogens is 409 g/mol. The van der Waals surface area contributed by atoms with Gasteiger partial charge in [-0.1, -0.05) is 15.9 Å². The molecule has 0 bridgehead atoms. The van der Waals surface area contributed by atoms with E-state index in [1.54, 1.807) is 6.07 Å². The molecule has 5 nitrogen and oxygen atoms in total. The summed E-state index contributed by atoms with van der Waals surface area (Å²) in [6.07, 6.45) is 0.392. The number of ether oxygens (including phenoxy) is 1.